The zero-order valence-corrected chi connectivity index (χ0v) is 7.17. The molecule has 0 aliphatic heterocycles. The van der Waals surface area contributed by atoms with Gasteiger partial charge in [-0.2, -0.15) is 5.26 Å². The molecule has 0 aliphatic carbocycles. The van der Waals surface area contributed by atoms with Crippen molar-refractivity contribution in [1.82, 2.24) is 0 Å². The highest BCUT2D eigenvalue weighted by molar-refractivity contribution is 5.52. The first-order valence-corrected chi connectivity index (χ1v) is 3.97. The average molecular weight is 157 g/mol. The zero-order valence-electron chi connectivity index (χ0n) is 7.17. The first-order chi connectivity index (χ1) is 5.81. The molecule has 0 saturated carbocycles. The van der Waals surface area contributed by atoms with Gasteiger partial charge in [0.1, 0.15) is 0 Å². The fraction of sp³-hybridized carbons (Fsp3) is 0.182. The maximum absolute atomic E-state index is 8.79. The van der Waals surface area contributed by atoms with E-state index in [9.17, 15) is 0 Å². The summed E-state index contributed by atoms with van der Waals surface area (Å²) in [7, 11) is 0. The van der Waals surface area contributed by atoms with Gasteiger partial charge in [-0.3, -0.25) is 0 Å². The number of hydrogen-bond acceptors (Lipinski definition) is 1. The Bertz CT molecular complexity index is 331. The lowest BCUT2D eigenvalue weighted by atomic mass is 10.0. The summed E-state index contributed by atoms with van der Waals surface area (Å²) in [4.78, 5) is 0. The second-order valence-corrected chi connectivity index (χ2v) is 2.59. The minimum Gasteiger partial charge on any atom is -0.192 e. The molecule has 0 heterocycles. The molecule has 0 atom stereocenters. The zero-order chi connectivity index (χ0) is 8.97. The lowest BCUT2D eigenvalue weighted by Crippen LogP contribution is -1.87. The molecule has 1 aromatic carbocycles. The van der Waals surface area contributed by atoms with Crippen LogP contribution >= 0.6 is 0 Å². The van der Waals surface area contributed by atoms with Crippen LogP contribution in [0.25, 0.3) is 6.08 Å². The number of nitriles is 1. The van der Waals surface area contributed by atoms with Crippen LogP contribution in [0, 0.1) is 11.3 Å². The highest BCUT2D eigenvalue weighted by Crippen LogP contribution is 2.12. The molecule has 1 aromatic rings. The first kappa shape index (κ1) is 8.55. The van der Waals surface area contributed by atoms with Gasteiger partial charge in [-0.15, -0.1) is 0 Å². The van der Waals surface area contributed by atoms with Gasteiger partial charge in [0.25, 0.3) is 0 Å². The molecule has 1 heteroatoms. The minimum atomic E-state index is 0.759. The summed E-state index contributed by atoms with van der Waals surface area (Å²) in [6.07, 6.45) is 2.65. The van der Waals surface area contributed by atoms with Gasteiger partial charge in [0, 0.05) is 0 Å². The Morgan fingerprint density at radius 3 is 2.83 bits per heavy atom. The van der Waals surface area contributed by atoms with Crippen molar-refractivity contribution in [3.8, 4) is 6.07 Å². The van der Waals surface area contributed by atoms with Crippen molar-refractivity contribution in [1.29, 1.82) is 5.26 Å². The maximum atomic E-state index is 8.79. The monoisotopic (exact) mass is 157 g/mol. The molecule has 0 unspecified atom stereocenters. The van der Waals surface area contributed by atoms with E-state index in [0.717, 1.165) is 23.1 Å². The lowest BCUT2D eigenvalue weighted by molar-refractivity contribution is 1.13. The average Bonchev–Trinajstić information content (AvgIpc) is 2.16. The molecule has 0 aliphatic rings. The van der Waals surface area contributed by atoms with Crippen LogP contribution in [-0.2, 0) is 6.42 Å². The van der Waals surface area contributed by atoms with Gasteiger partial charge >= 0.3 is 0 Å². The molecule has 0 amide bonds. The molecule has 60 valence electrons. The van der Waals surface area contributed by atoms with E-state index in [1.54, 1.807) is 6.08 Å². The van der Waals surface area contributed by atoms with E-state index in [0.29, 0.717) is 0 Å². The van der Waals surface area contributed by atoms with E-state index in [2.05, 4.69) is 12.6 Å². The molecule has 1 rings (SSSR count). The summed E-state index contributed by atoms with van der Waals surface area (Å²) in [6, 6.07) is 8.00. The smallest absolute Gasteiger partial charge is 0.0994 e. The van der Waals surface area contributed by atoms with Crippen LogP contribution in [0.3, 0.4) is 0 Å². The Morgan fingerprint density at radius 1 is 1.58 bits per heavy atom. The van der Waals surface area contributed by atoms with Crippen LogP contribution in [0.2, 0.25) is 0 Å². The molecule has 0 fully saturated rings. The maximum Gasteiger partial charge on any atom is 0.0994 e. The molecule has 0 aromatic heterocycles. The summed E-state index contributed by atoms with van der Waals surface area (Å²) >= 11 is 0. The highest BCUT2D eigenvalue weighted by Gasteiger charge is 1.98. The van der Waals surface area contributed by atoms with Crippen molar-refractivity contribution in [3.63, 3.8) is 0 Å². The molecule has 0 radical (unpaired) electrons. The van der Waals surface area contributed by atoms with Crippen molar-refractivity contribution in [2.45, 2.75) is 13.3 Å². The Hall–Kier alpha value is -1.55. The molecule has 12 heavy (non-hydrogen) atoms. The van der Waals surface area contributed by atoms with Crippen LogP contribution in [-0.4, -0.2) is 0 Å². The van der Waals surface area contributed by atoms with Crippen LogP contribution < -0.4 is 0 Å². The quantitative estimate of drug-likeness (QED) is 0.647. The van der Waals surface area contributed by atoms with Crippen molar-refractivity contribution in [2.75, 3.05) is 0 Å². The third-order valence-electron chi connectivity index (χ3n) is 1.87. The summed E-state index contributed by atoms with van der Waals surface area (Å²) in [5, 5.41) is 8.79. The Morgan fingerprint density at radius 2 is 2.33 bits per heavy atom. The van der Waals surface area contributed by atoms with Crippen molar-refractivity contribution < 1.29 is 0 Å². The van der Waals surface area contributed by atoms with E-state index in [1.807, 2.05) is 25.1 Å². The Balaban J connectivity index is 3.21. The minimum absolute atomic E-state index is 0.759. The van der Waals surface area contributed by atoms with Gasteiger partial charge in [0.2, 0.25) is 0 Å². The topological polar surface area (TPSA) is 23.8 Å². The predicted molar refractivity (Wildman–Crippen MR) is 50.6 cm³/mol. The second kappa shape index (κ2) is 3.73. The fourth-order valence-corrected chi connectivity index (χ4v) is 1.13. The van der Waals surface area contributed by atoms with Crippen LogP contribution in [0.15, 0.2) is 24.8 Å². The van der Waals surface area contributed by atoms with E-state index in [1.165, 1.54) is 0 Å². The summed E-state index contributed by atoms with van der Waals surface area (Å²) in [5.74, 6) is 0. The van der Waals surface area contributed by atoms with E-state index >= 15 is 0 Å². The van der Waals surface area contributed by atoms with Crippen LogP contribution in [0.4, 0.5) is 0 Å². The van der Waals surface area contributed by atoms with Crippen molar-refractivity contribution in [2.24, 2.45) is 0 Å². The largest absolute Gasteiger partial charge is 0.192 e. The Labute approximate surface area is 73.0 Å². The normalized spacial score (nSPS) is 9.00. The molecule has 0 spiro atoms. The third kappa shape index (κ3) is 1.54. The number of aryl methyl sites for hydroxylation is 1. The molecule has 0 saturated heterocycles. The summed E-state index contributed by atoms with van der Waals surface area (Å²) < 4.78 is 0. The third-order valence-corrected chi connectivity index (χ3v) is 1.87. The molecular weight excluding hydrogens is 146 g/mol. The lowest BCUT2D eigenvalue weighted by Gasteiger charge is -2.00. The Kier molecular flexibility index (Phi) is 2.66. The standard InChI is InChI=1S/C11H11N/c1-3-9-5-6-10(4-2)11(7-9)8-12/h3,5-7H,1,4H2,2H3. The van der Waals surface area contributed by atoms with Crippen molar-refractivity contribution >= 4 is 6.08 Å². The van der Waals surface area contributed by atoms with Crippen LogP contribution in [0.5, 0.6) is 0 Å². The molecule has 0 N–H and O–H groups in total. The van der Waals surface area contributed by atoms with Gasteiger partial charge in [-0.05, 0) is 23.6 Å². The van der Waals surface area contributed by atoms with Gasteiger partial charge in [-0.25, -0.2) is 0 Å². The number of rotatable bonds is 2. The van der Waals surface area contributed by atoms with Crippen LogP contribution in [0.1, 0.15) is 23.6 Å². The van der Waals surface area contributed by atoms with Gasteiger partial charge < -0.3 is 0 Å². The van der Waals surface area contributed by atoms with Gasteiger partial charge in [-0.1, -0.05) is 31.7 Å². The number of nitrogens with zero attached hydrogens (tertiary/aromatic N) is 1. The van der Waals surface area contributed by atoms with E-state index in [-0.39, 0.29) is 0 Å². The summed E-state index contributed by atoms with van der Waals surface area (Å²) in [6.45, 7) is 5.70. The SMILES string of the molecule is C=Cc1ccc(CC)c(C#N)c1. The molecule has 0 bridgehead atoms. The molecular formula is C11H11N. The second-order valence-electron chi connectivity index (χ2n) is 2.59. The van der Waals surface area contributed by atoms with Crippen molar-refractivity contribution in [3.05, 3.63) is 41.5 Å². The van der Waals surface area contributed by atoms with Gasteiger partial charge in [0.15, 0.2) is 0 Å². The molecule has 1 nitrogen and oxygen atoms in total. The predicted octanol–water partition coefficient (Wildman–Crippen LogP) is 2.76. The van der Waals surface area contributed by atoms with Gasteiger partial charge in [0.05, 0.1) is 11.6 Å². The highest BCUT2D eigenvalue weighted by atomic mass is 14.2. The first-order valence-electron chi connectivity index (χ1n) is 3.97. The van der Waals surface area contributed by atoms with E-state index in [4.69, 9.17) is 5.26 Å². The fourth-order valence-electron chi connectivity index (χ4n) is 1.13. The number of benzene rings is 1. The number of hydrogen-bond donors (Lipinski definition) is 0. The summed E-state index contributed by atoms with van der Waals surface area (Å²) in [5.41, 5.74) is 2.86. The van der Waals surface area contributed by atoms with E-state index < -0.39 is 0 Å².